The first kappa shape index (κ1) is 21.2. The van der Waals surface area contributed by atoms with E-state index in [1.165, 1.54) is 4.31 Å². The number of rotatable bonds is 7. The van der Waals surface area contributed by atoms with Gasteiger partial charge in [-0.1, -0.05) is 73.7 Å². The van der Waals surface area contributed by atoms with Crippen molar-refractivity contribution in [2.75, 3.05) is 7.05 Å². The normalized spacial score (nSPS) is 13.1. The fourth-order valence-corrected chi connectivity index (χ4v) is 6.68. The largest absolute Gasteiger partial charge is 0.273 e. The molecular weight excluding hydrogens is 370 g/mol. The molecule has 0 bridgehead atoms. The zero-order chi connectivity index (χ0) is 20.2. The van der Waals surface area contributed by atoms with Crippen molar-refractivity contribution >= 4 is 23.3 Å². The molecule has 5 heteroatoms. The Kier molecular flexibility index (Phi) is 6.49. The molecule has 0 saturated carbocycles. The van der Waals surface area contributed by atoms with Gasteiger partial charge in [-0.2, -0.15) is 0 Å². The Balaban J connectivity index is 2.70. The summed E-state index contributed by atoms with van der Waals surface area (Å²) in [4.78, 5) is 0.306. The first-order valence-electron chi connectivity index (χ1n) is 9.04. The summed E-state index contributed by atoms with van der Waals surface area (Å²) in [5, 5.41) is 1.14. The number of hydrogen-bond donors (Lipinski definition) is 0. The molecule has 0 fully saturated rings. The van der Waals surface area contributed by atoms with E-state index in [4.69, 9.17) is 0 Å². The smallest absolute Gasteiger partial charge is 0.263 e. The maximum atomic E-state index is 13.3. The van der Waals surface area contributed by atoms with Crippen LogP contribution in [0.2, 0.25) is 19.6 Å². The lowest BCUT2D eigenvalue weighted by atomic mass is 10.1. The molecule has 0 heterocycles. The lowest BCUT2D eigenvalue weighted by molar-refractivity contribution is 0.520. The summed E-state index contributed by atoms with van der Waals surface area (Å²) in [5.41, 5.74) is 2.92. The van der Waals surface area contributed by atoms with E-state index < -0.39 is 18.1 Å². The first-order valence-corrected chi connectivity index (χ1v) is 14.0. The molecule has 0 spiro atoms. The van der Waals surface area contributed by atoms with Gasteiger partial charge in [-0.25, -0.2) is 8.42 Å². The SMILES string of the molecule is C=CC/C(=C(/c1ccccc1)[Si](C)(C)C)N(C)S(=O)(=O)c1ccc(C)cc1. The topological polar surface area (TPSA) is 37.4 Å². The predicted molar refractivity (Wildman–Crippen MR) is 118 cm³/mol. The van der Waals surface area contributed by atoms with E-state index in [0.29, 0.717) is 11.3 Å². The highest BCUT2D eigenvalue weighted by Gasteiger charge is 2.30. The Labute approximate surface area is 165 Å². The van der Waals surface area contributed by atoms with Crippen molar-refractivity contribution in [3.63, 3.8) is 0 Å². The van der Waals surface area contributed by atoms with Crippen molar-refractivity contribution in [1.82, 2.24) is 4.31 Å². The lowest BCUT2D eigenvalue weighted by Crippen LogP contribution is -2.32. The number of sulfonamides is 1. The van der Waals surface area contributed by atoms with Crippen molar-refractivity contribution in [2.24, 2.45) is 0 Å². The van der Waals surface area contributed by atoms with Crippen LogP contribution < -0.4 is 0 Å². The minimum absolute atomic E-state index is 0.306. The van der Waals surface area contributed by atoms with Crippen molar-refractivity contribution in [1.29, 1.82) is 0 Å². The Morgan fingerprint density at radius 1 is 1.04 bits per heavy atom. The minimum atomic E-state index is -3.64. The van der Waals surface area contributed by atoms with Crippen LogP contribution in [-0.2, 0) is 10.0 Å². The van der Waals surface area contributed by atoms with Crippen molar-refractivity contribution in [2.45, 2.75) is 37.9 Å². The Morgan fingerprint density at radius 2 is 1.59 bits per heavy atom. The molecule has 0 unspecified atom stereocenters. The van der Waals surface area contributed by atoms with Gasteiger partial charge in [-0.3, -0.25) is 4.31 Å². The van der Waals surface area contributed by atoms with Crippen LogP contribution in [0.25, 0.3) is 5.20 Å². The van der Waals surface area contributed by atoms with Crippen LogP contribution in [0.15, 0.2) is 77.8 Å². The van der Waals surface area contributed by atoms with E-state index in [1.54, 1.807) is 25.3 Å². The summed E-state index contributed by atoms with van der Waals surface area (Å²) < 4.78 is 28.0. The van der Waals surface area contributed by atoms with Crippen molar-refractivity contribution in [3.05, 3.63) is 84.1 Å². The molecule has 0 N–H and O–H groups in total. The van der Waals surface area contributed by atoms with Crippen LogP contribution in [0.4, 0.5) is 0 Å². The number of nitrogens with zero attached hydrogens (tertiary/aromatic N) is 1. The highest BCUT2D eigenvalue weighted by atomic mass is 32.2. The molecular formula is C22H29NO2SSi. The molecule has 0 atom stereocenters. The quantitative estimate of drug-likeness (QED) is 0.457. The zero-order valence-corrected chi connectivity index (χ0v) is 18.7. The minimum Gasteiger partial charge on any atom is -0.273 e. The van der Waals surface area contributed by atoms with Gasteiger partial charge >= 0.3 is 0 Å². The molecule has 2 aromatic carbocycles. The van der Waals surface area contributed by atoms with Crippen LogP contribution in [0.1, 0.15) is 17.5 Å². The highest BCUT2D eigenvalue weighted by molar-refractivity contribution is 7.89. The molecule has 144 valence electrons. The van der Waals surface area contributed by atoms with Gasteiger partial charge in [-0.05, 0) is 29.8 Å². The summed E-state index contributed by atoms with van der Waals surface area (Å²) in [6, 6.07) is 17.1. The summed E-state index contributed by atoms with van der Waals surface area (Å²) >= 11 is 0. The van der Waals surface area contributed by atoms with Gasteiger partial charge < -0.3 is 0 Å². The van der Waals surface area contributed by atoms with E-state index >= 15 is 0 Å². The maximum absolute atomic E-state index is 13.3. The van der Waals surface area contributed by atoms with Crippen molar-refractivity contribution in [3.8, 4) is 0 Å². The van der Waals surface area contributed by atoms with E-state index in [0.717, 1.165) is 22.0 Å². The van der Waals surface area contributed by atoms with Crippen LogP contribution in [0.5, 0.6) is 0 Å². The third kappa shape index (κ3) is 4.79. The Morgan fingerprint density at radius 3 is 2.07 bits per heavy atom. The van der Waals surface area contributed by atoms with E-state index in [-0.39, 0.29) is 0 Å². The van der Waals surface area contributed by atoms with Crippen molar-refractivity contribution < 1.29 is 8.42 Å². The van der Waals surface area contributed by atoms with Gasteiger partial charge in [0.15, 0.2) is 0 Å². The second kappa shape index (κ2) is 8.27. The average molecular weight is 400 g/mol. The molecule has 0 saturated heterocycles. The molecule has 2 rings (SSSR count). The standard InChI is InChI=1S/C22H29NO2SSi/c1-7-11-21(22(27(4,5)6)19-12-9-8-10-13-19)23(3)26(24,25)20-16-14-18(2)15-17-20/h7-10,12-17H,1,11H2,2-6H3/b22-21+. The predicted octanol–water partition coefficient (Wildman–Crippen LogP) is 5.48. The summed E-state index contributed by atoms with van der Waals surface area (Å²) in [5.74, 6) is 0. The van der Waals surface area contributed by atoms with Crippen LogP contribution in [0.3, 0.4) is 0 Å². The third-order valence-corrected chi connectivity index (χ3v) is 8.38. The summed E-state index contributed by atoms with van der Waals surface area (Å²) in [6.45, 7) is 12.5. The monoisotopic (exact) mass is 399 g/mol. The molecule has 2 aromatic rings. The average Bonchev–Trinajstić information content (AvgIpc) is 2.61. The molecule has 0 aliphatic carbocycles. The van der Waals surface area contributed by atoms with Crippen LogP contribution in [0, 0.1) is 6.92 Å². The van der Waals surface area contributed by atoms with Crippen LogP contribution in [-0.4, -0.2) is 27.8 Å². The molecule has 0 aromatic heterocycles. The molecule has 0 aliphatic rings. The molecule has 0 radical (unpaired) electrons. The van der Waals surface area contributed by atoms with E-state index in [1.807, 2.05) is 37.3 Å². The molecule has 27 heavy (non-hydrogen) atoms. The Hall–Kier alpha value is -2.11. The summed E-state index contributed by atoms with van der Waals surface area (Å²) in [7, 11) is -3.84. The van der Waals surface area contributed by atoms with Gasteiger partial charge in [-0.15, -0.1) is 6.58 Å². The number of allylic oxidation sites excluding steroid dienone is 1. The highest BCUT2D eigenvalue weighted by Crippen LogP contribution is 2.34. The number of benzene rings is 2. The van der Waals surface area contributed by atoms with Gasteiger partial charge in [0, 0.05) is 19.2 Å². The fraction of sp³-hybridized carbons (Fsp3) is 0.273. The molecule has 3 nitrogen and oxygen atoms in total. The summed E-state index contributed by atoms with van der Waals surface area (Å²) in [6.07, 6.45) is 2.27. The fourth-order valence-electron chi connectivity index (χ4n) is 3.18. The van der Waals surface area contributed by atoms with Crippen LogP contribution >= 0.6 is 0 Å². The lowest BCUT2D eigenvalue weighted by Gasteiger charge is -2.31. The van der Waals surface area contributed by atoms with Gasteiger partial charge in [0.25, 0.3) is 10.0 Å². The number of aryl methyl sites for hydroxylation is 1. The second-order valence-electron chi connectivity index (χ2n) is 7.72. The number of hydrogen-bond acceptors (Lipinski definition) is 2. The van der Waals surface area contributed by atoms with E-state index in [9.17, 15) is 8.42 Å². The first-order chi connectivity index (χ1) is 12.6. The van der Waals surface area contributed by atoms with Gasteiger partial charge in [0.1, 0.15) is 0 Å². The maximum Gasteiger partial charge on any atom is 0.263 e. The zero-order valence-electron chi connectivity index (χ0n) is 16.9. The molecule has 0 amide bonds. The van der Waals surface area contributed by atoms with E-state index in [2.05, 4.69) is 38.4 Å². The second-order valence-corrected chi connectivity index (χ2v) is 14.7. The Bertz CT molecular complexity index is 925. The molecule has 0 aliphatic heterocycles. The third-order valence-electron chi connectivity index (χ3n) is 4.50. The van der Waals surface area contributed by atoms with Gasteiger partial charge in [0.2, 0.25) is 0 Å². The van der Waals surface area contributed by atoms with Gasteiger partial charge in [0.05, 0.1) is 13.0 Å².